The summed E-state index contributed by atoms with van der Waals surface area (Å²) in [7, 11) is 0. The molecule has 0 spiro atoms. The number of nitrogens with two attached hydrogens (primary N) is 1. The standard InChI is InChI=1S/C20H22N4O6.2C2HF3O2/c21-18(22)12-3-5-13(6-4-12)30-20(28)16-8-7-14(29-16)11-24-9-1-2-15(24)19(27)23-10-17(25)26;2*3-2(4,5)1(6)7/h3-8,15H,1-2,9-11H2,(H3,21,22)(H,23,27)(H,25,26);2*(H,6,7)/t15-;;/m0../s1. The number of likely N-dealkylation sites (tertiary alicyclic amines) is 1. The van der Waals surface area contributed by atoms with Gasteiger partial charge in [-0.15, -0.1) is 0 Å². The molecular weight excluding hydrogens is 618 g/mol. The number of carboxylic acid groups (broad SMARTS) is 3. The number of esters is 1. The second-order valence-electron chi connectivity index (χ2n) is 8.44. The van der Waals surface area contributed by atoms with Crippen molar-refractivity contribution >= 4 is 35.6 Å². The number of nitrogens with zero attached hydrogens (tertiary/aromatic N) is 1. The van der Waals surface area contributed by atoms with E-state index in [1.807, 2.05) is 4.90 Å². The Bertz CT molecular complexity index is 1320. The Morgan fingerprint density at radius 1 is 0.955 bits per heavy atom. The monoisotopic (exact) mass is 642 g/mol. The number of alkyl halides is 6. The van der Waals surface area contributed by atoms with E-state index in [-0.39, 0.29) is 23.3 Å². The fourth-order valence-electron chi connectivity index (χ4n) is 3.23. The molecule has 0 saturated carbocycles. The van der Waals surface area contributed by atoms with Crippen LogP contribution < -0.4 is 15.8 Å². The second-order valence-corrected chi connectivity index (χ2v) is 8.44. The highest BCUT2D eigenvalue weighted by molar-refractivity contribution is 5.95. The van der Waals surface area contributed by atoms with Crippen molar-refractivity contribution in [2.75, 3.05) is 13.1 Å². The maximum absolute atomic E-state index is 12.3. The van der Waals surface area contributed by atoms with Crippen LogP contribution in [0.3, 0.4) is 0 Å². The van der Waals surface area contributed by atoms with E-state index in [1.54, 1.807) is 18.2 Å². The van der Waals surface area contributed by atoms with Crippen molar-refractivity contribution in [3.63, 3.8) is 0 Å². The molecule has 2 heterocycles. The maximum Gasteiger partial charge on any atom is 0.490 e. The summed E-state index contributed by atoms with van der Waals surface area (Å²) in [5, 5.41) is 32.7. The summed E-state index contributed by atoms with van der Waals surface area (Å²) in [6, 6.07) is 8.90. The average molecular weight is 642 g/mol. The molecule has 1 aromatic heterocycles. The largest absolute Gasteiger partial charge is 0.490 e. The molecule has 1 amide bonds. The molecule has 0 unspecified atom stereocenters. The first-order valence-electron chi connectivity index (χ1n) is 11.8. The smallest absolute Gasteiger partial charge is 0.480 e. The summed E-state index contributed by atoms with van der Waals surface area (Å²) in [6.45, 7) is 0.549. The minimum absolute atomic E-state index is 0.0201. The van der Waals surface area contributed by atoms with Crippen LogP contribution in [-0.4, -0.2) is 87.3 Å². The molecule has 242 valence electrons. The van der Waals surface area contributed by atoms with Gasteiger partial charge in [-0.25, -0.2) is 14.4 Å². The lowest BCUT2D eigenvalue weighted by Gasteiger charge is -2.22. The highest BCUT2D eigenvalue weighted by atomic mass is 19.4. The minimum atomic E-state index is -5.08. The fraction of sp³-hybridized carbons (Fsp3) is 0.333. The van der Waals surface area contributed by atoms with E-state index in [9.17, 15) is 40.7 Å². The quantitative estimate of drug-likeness (QED) is 0.0800. The normalized spacial score (nSPS) is 14.6. The van der Waals surface area contributed by atoms with Gasteiger partial charge in [0.2, 0.25) is 11.7 Å². The first-order valence-corrected chi connectivity index (χ1v) is 11.8. The number of furan rings is 1. The lowest BCUT2D eigenvalue weighted by Crippen LogP contribution is -2.44. The van der Waals surface area contributed by atoms with Gasteiger partial charge in [0.05, 0.1) is 12.6 Å². The molecule has 7 N–H and O–H groups in total. The van der Waals surface area contributed by atoms with Crippen molar-refractivity contribution in [2.45, 2.75) is 37.8 Å². The summed E-state index contributed by atoms with van der Waals surface area (Å²) < 4.78 is 74.3. The number of carbonyl (C=O) groups is 5. The number of aliphatic carboxylic acids is 3. The van der Waals surface area contributed by atoms with E-state index in [1.165, 1.54) is 18.2 Å². The van der Waals surface area contributed by atoms with Gasteiger partial charge in [-0.3, -0.25) is 19.9 Å². The number of ether oxygens (including phenoxy) is 1. The van der Waals surface area contributed by atoms with Gasteiger partial charge in [0.15, 0.2) is 0 Å². The van der Waals surface area contributed by atoms with Gasteiger partial charge in [-0.05, 0) is 55.8 Å². The third kappa shape index (κ3) is 12.8. The Morgan fingerprint density at radius 3 is 1.93 bits per heavy atom. The van der Waals surface area contributed by atoms with Crippen LogP contribution in [0.25, 0.3) is 0 Å². The number of amidine groups is 1. The van der Waals surface area contributed by atoms with E-state index in [0.29, 0.717) is 30.8 Å². The molecule has 2 aromatic rings. The van der Waals surface area contributed by atoms with Gasteiger partial charge in [0, 0.05) is 5.56 Å². The molecule has 44 heavy (non-hydrogen) atoms. The first kappa shape index (κ1) is 36.9. The number of hydrogen-bond acceptors (Lipinski definition) is 9. The number of rotatable bonds is 8. The van der Waals surface area contributed by atoms with Crippen LogP contribution >= 0.6 is 0 Å². The number of benzene rings is 1. The summed E-state index contributed by atoms with van der Waals surface area (Å²) in [4.78, 5) is 54.8. The molecule has 1 aliphatic heterocycles. The predicted molar refractivity (Wildman–Crippen MR) is 133 cm³/mol. The van der Waals surface area contributed by atoms with Crippen LogP contribution in [0.5, 0.6) is 5.75 Å². The predicted octanol–water partition coefficient (Wildman–Crippen LogP) is 2.21. The van der Waals surface area contributed by atoms with Crippen LogP contribution in [0.2, 0.25) is 0 Å². The third-order valence-corrected chi connectivity index (χ3v) is 5.16. The Kier molecular flexibility index (Phi) is 13.3. The lowest BCUT2D eigenvalue weighted by molar-refractivity contribution is -0.193. The molecule has 20 heteroatoms. The van der Waals surface area contributed by atoms with Gasteiger partial charge in [0.25, 0.3) is 0 Å². The van der Waals surface area contributed by atoms with Gasteiger partial charge in [-0.1, -0.05) is 0 Å². The molecule has 1 saturated heterocycles. The summed E-state index contributed by atoms with van der Waals surface area (Å²) in [5.41, 5.74) is 5.91. The van der Waals surface area contributed by atoms with Gasteiger partial charge in [-0.2, -0.15) is 26.3 Å². The van der Waals surface area contributed by atoms with Crippen LogP contribution in [0.1, 0.15) is 34.7 Å². The van der Waals surface area contributed by atoms with E-state index < -0.39 is 48.8 Å². The summed E-state index contributed by atoms with van der Waals surface area (Å²) >= 11 is 0. The average Bonchev–Trinajstić information content (AvgIpc) is 3.57. The molecule has 0 aliphatic carbocycles. The molecule has 0 bridgehead atoms. The molecule has 1 aromatic carbocycles. The summed E-state index contributed by atoms with van der Waals surface area (Å²) in [6.07, 6.45) is -8.74. The Hall–Kier alpha value is -5.14. The molecule has 0 radical (unpaired) electrons. The second kappa shape index (κ2) is 15.9. The third-order valence-electron chi connectivity index (χ3n) is 5.16. The first-order chi connectivity index (χ1) is 20.2. The number of carboxylic acids is 3. The van der Waals surface area contributed by atoms with E-state index in [4.69, 9.17) is 45.2 Å². The molecule has 1 fully saturated rings. The molecule has 14 nitrogen and oxygen atoms in total. The minimum Gasteiger partial charge on any atom is -0.480 e. The van der Waals surface area contributed by atoms with Crippen LogP contribution in [0.4, 0.5) is 26.3 Å². The van der Waals surface area contributed by atoms with Crippen molar-refractivity contribution in [1.29, 1.82) is 5.41 Å². The highest BCUT2D eigenvalue weighted by Gasteiger charge is 2.39. The molecule has 3 rings (SSSR count). The number of halogens is 6. The Balaban J connectivity index is 0.000000574. The zero-order valence-corrected chi connectivity index (χ0v) is 22.1. The zero-order valence-electron chi connectivity index (χ0n) is 22.1. The van der Waals surface area contributed by atoms with Crippen molar-refractivity contribution in [3.05, 3.63) is 53.5 Å². The van der Waals surface area contributed by atoms with E-state index in [0.717, 1.165) is 6.42 Å². The van der Waals surface area contributed by atoms with E-state index >= 15 is 0 Å². The highest BCUT2D eigenvalue weighted by Crippen LogP contribution is 2.22. The molecule has 1 atom stereocenters. The van der Waals surface area contributed by atoms with Crippen molar-refractivity contribution in [2.24, 2.45) is 5.73 Å². The maximum atomic E-state index is 12.3. The number of amides is 1. The number of carbonyl (C=O) groups excluding carboxylic acids is 2. The van der Waals surface area contributed by atoms with Gasteiger partial charge < -0.3 is 35.5 Å². The van der Waals surface area contributed by atoms with Crippen molar-refractivity contribution in [3.8, 4) is 5.75 Å². The molecular formula is C24H24F6N4O10. The van der Waals surface area contributed by atoms with Crippen LogP contribution in [0.15, 0.2) is 40.8 Å². The zero-order chi connectivity index (χ0) is 33.8. The van der Waals surface area contributed by atoms with Crippen molar-refractivity contribution < 1.29 is 74.8 Å². The molecule has 1 aliphatic rings. The Morgan fingerprint density at radius 2 is 1.48 bits per heavy atom. The fourth-order valence-corrected chi connectivity index (χ4v) is 3.23. The van der Waals surface area contributed by atoms with Gasteiger partial charge >= 0.3 is 36.2 Å². The number of hydrogen-bond donors (Lipinski definition) is 6. The summed E-state index contributed by atoms with van der Waals surface area (Å²) in [5.74, 6) is -6.90. The number of nitrogens with one attached hydrogen (secondary N) is 2. The van der Waals surface area contributed by atoms with Gasteiger partial charge in [0.1, 0.15) is 23.9 Å². The van der Waals surface area contributed by atoms with Crippen LogP contribution in [0, 0.1) is 5.41 Å². The SMILES string of the molecule is N=C(N)c1ccc(OC(=O)c2ccc(CN3CCC[C@H]3C(=O)NCC(=O)O)o2)cc1.O=C(O)C(F)(F)F.O=C(O)C(F)(F)F. The van der Waals surface area contributed by atoms with E-state index in [2.05, 4.69) is 5.32 Å². The van der Waals surface area contributed by atoms with Crippen molar-refractivity contribution in [1.82, 2.24) is 10.2 Å². The van der Waals surface area contributed by atoms with Crippen LogP contribution in [-0.2, 0) is 25.7 Å². The Labute approximate surface area is 242 Å². The number of nitrogen functional groups attached to an aromatic ring is 1. The lowest BCUT2D eigenvalue weighted by atomic mass is 10.2. The topological polar surface area (TPSA) is 234 Å².